The van der Waals surface area contributed by atoms with Crippen molar-refractivity contribution in [2.24, 2.45) is 0 Å². The molecule has 1 nitrogen and oxygen atoms in total. The van der Waals surface area contributed by atoms with E-state index in [-0.39, 0.29) is 5.82 Å². The van der Waals surface area contributed by atoms with Crippen LogP contribution in [0.1, 0.15) is 12.5 Å². The van der Waals surface area contributed by atoms with Crippen molar-refractivity contribution in [2.45, 2.75) is 13.8 Å². The van der Waals surface area contributed by atoms with Crippen LogP contribution in [0, 0.1) is 24.1 Å². The topological polar surface area (TPSA) is 23.8 Å². The van der Waals surface area contributed by atoms with E-state index in [1.54, 1.807) is 25.1 Å². The van der Waals surface area contributed by atoms with Crippen LogP contribution in [0.15, 0.2) is 24.3 Å². The van der Waals surface area contributed by atoms with Gasteiger partial charge in [-0.1, -0.05) is 18.2 Å². The molecule has 2 heteroatoms. The van der Waals surface area contributed by atoms with Gasteiger partial charge in [0.2, 0.25) is 0 Å². The molecule has 0 aliphatic heterocycles. The molecule has 11 heavy (non-hydrogen) atoms. The number of halogens is 1. The summed E-state index contributed by atoms with van der Waals surface area (Å²) in [6.07, 6.45) is 0. The second kappa shape index (κ2) is 5.43. The van der Waals surface area contributed by atoms with Gasteiger partial charge < -0.3 is 0 Å². The molecule has 0 heterocycles. The van der Waals surface area contributed by atoms with Crippen LogP contribution in [-0.4, -0.2) is 0 Å². The van der Waals surface area contributed by atoms with Crippen LogP contribution in [0.25, 0.3) is 0 Å². The summed E-state index contributed by atoms with van der Waals surface area (Å²) >= 11 is 0. The summed E-state index contributed by atoms with van der Waals surface area (Å²) in [6.45, 7) is 3.18. The number of hydrogen-bond donors (Lipinski definition) is 0. The lowest BCUT2D eigenvalue weighted by Gasteiger charge is -1.89. The van der Waals surface area contributed by atoms with Crippen LogP contribution < -0.4 is 0 Å². The number of hydrogen-bond acceptors (Lipinski definition) is 1. The molecule has 0 radical (unpaired) electrons. The molecular weight excluding hydrogens is 141 g/mol. The van der Waals surface area contributed by atoms with Gasteiger partial charge in [0.25, 0.3) is 0 Å². The lowest BCUT2D eigenvalue weighted by atomic mass is 10.2. The molecule has 0 aliphatic rings. The van der Waals surface area contributed by atoms with E-state index in [4.69, 9.17) is 5.26 Å². The third-order valence-corrected chi connectivity index (χ3v) is 1.08. The standard InChI is InChI=1S/C7H7F.C2H3N/c1-6-4-2-3-5-7(6)8;1-2-3/h2-5H,1H3;1H3. The van der Waals surface area contributed by atoms with Gasteiger partial charge in [-0.15, -0.1) is 0 Å². The first kappa shape index (κ1) is 9.64. The van der Waals surface area contributed by atoms with Gasteiger partial charge in [-0.05, 0) is 18.6 Å². The summed E-state index contributed by atoms with van der Waals surface area (Å²) in [5, 5.41) is 7.32. The summed E-state index contributed by atoms with van der Waals surface area (Å²) in [5.74, 6) is -0.132. The maximum Gasteiger partial charge on any atom is 0.126 e. The Bertz CT molecular complexity index is 229. The zero-order chi connectivity index (χ0) is 8.69. The Morgan fingerprint density at radius 3 is 2.09 bits per heavy atom. The van der Waals surface area contributed by atoms with Crippen molar-refractivity contribution in [3.05, 3.63) is 35.6 Å². The first-order valence-electron chi connectivity index (χ1n) is 3.24. The summed E-state index contributed by atoms with van der Waals surface area (Å²) in [5.41, 5.74) is 0.701. The number of nitriles is 1. The SMILES string of the molecule is CC#N.Cc1ccccc1F. The molecule has 58 valence electrons. The van der Waals surface area contributed by atoms with E-state index in [9.17, 15) is 4.39 Å². The highest BCUT2D eigenvalue weighted by Crippen LogP contribution is 2.01. The van der Waals surface area contributed by atoms with Gasteiger partial charge in [0, 0.05) is 6.92 Å². The average Bonchev–Trinajstić information content (AvgIpc) is 1.97. The van der Waals surface area contributed by atoms with E-state index in [1.165, 1.54) is 13.0 Å². The molecule has 0 fully saturated rings. The molecule has 0 aromatic heterocycles. The predicted octanol–water partition coefficient (Wildman–Crippen LogP) is 2.66. The van der Waals surface area contributed by atoms with Crippen molar-refractivity contribution in [2.75, 3.05) is 0 Å². The van der Waals surface area contributed by atoms with Gasteiger partial charge in [0.15, 0.2) is 0 Å². The first-order chi connectivity index (χ1) is 5.22. The van der Waals surface area contributed by atoms with Crippen LogP contribution in [0.2, 0.25) is 0 Å². The molecule has 0 saturated heterocycles. The van der Waals surface area contributed by atoms with Gasteiger partial charge >= 0.3 is 0 Å². The molecule has 1 aromatic rings. The average molecular weight is 151 g/mol. The van der Waals surface area contributed by atoms with E-state index in [2.05, 4.69) is 0 Å². The van der Waals surface area contributed by atoms with Gasteiger partial charge in [-0.25, -0.2) is 4.39 Å². The molecule has 0 atom stereocenters. The smallest absolute Gasteiger partial charge is 0.126 e. The normalized spacial score (nSPS) is 7.45. The van der Waals surface area contributed by atoms with E-state index < -0.39 is 0 Å². The maximum atomic E-state index is 12.3. The fourth-order valence-electron chi connectivity index (χ4n) is 0.551. The summed E-state index contributed by atoms with van der Waals surface area (Å²) in [4.78, 5) is 0. The molecule has 0 N–H and O–H groups in total. The highest BCUT2D eigenvalue weighted by molar-refractivity contribution is 5.14. The van der Waals surface area contributed by atoms with Gasteiger partial charge in [0.1, 0.15) is 5.82 Å². The molecule has 0 aliphatic carbocycles. The summed E-state index contributed by atoms with van der Waals surface area (Å²) in [6, 6.07) is 8.45. The number of benzene rings is 1. The van der Waals surface area contributed by atoms with Crippen molar-refractivity contribution in [1.29, 1.82) is 5.26 Å². The van der Waals surface area contributed by atoms with Crippen LogP contribution >= 0.6 is 0 Å². The lowest BCUT2D eigenvalue weighted by Crippen LogP contribution is -1.76. The summed E-state index contributed by atoms with van der Waals surface area (Å²) < 4.78 is 12.3. The summed E-state index contributed by atoms with van der Waals surface area (Å²) in [7, 11) is 0. The first-order valence-corrected chi connectivity index (χ1v) is 3.24. The van der Waals surface area contributed by atoms with Crippen molar-refractivity contribution in [1.82, 2.24) is 0 Å². The van der Waals surface area contributed by atoms with Crippen molar-refractivity contribution >= 4 is 0 Å². The van der Waals surface area contributed by atoms with E-state index in [0.717, 1.165) is 0 Å². The van der Waals surface area contributed by atoms with Gasteiger partial charge in [-0.2, -0.15) is 5.26 Å². The second-order valence-corrected chi connectivity index (χ2v) is 1.97. The highest BCUT2D eigenvalue weighted by Gasteiger charge is 1.88. The fraction of sp³-hybridized carbons (Fsp3) is 0.222. The van der Waals surface area contributed by atoms with Gasteiger partial charge in [0.05, 0.1) is 6.07 Å². The largest absolute Gasteiger partial charge is 0.207 e. The fourth-order valence-corrected chi connectivity index (χ4v) is 0.551. The number of nitrogens with zero attached hydrogens (tertiary/aromatic N) is 1. The monoisotopic (exact) mass is 151 g/mol. The zero-order valence-corrected chi connectivity index (χ0v) is 6.63. The van der Waals surface area contributed by atoms with Crippen LogP contribution in [0.3, 0.4) is 0 Å². The minimum atomic E-state index is -0.132. The highest BCUT2D eigenvalue weighted by atomic mass is 19.1. The van der Waals surface area contributed by atoms with Crippen LogP contribution in [0.4, 0.5) is 4.39 Å². The van der Waals surface area contributed by atoms with E-state index in [1.807, 2.05) is 6.07 Å². The molecule has 1 aromatic carbocycles. The Morgan fingerprint density at radius 1 is 1.36 bits per heavy atom. The minimum absolute atomic E-state index is 0.132. The quantitative estimate of drug-likeness (QED) is 0.559. The van der Waals surface area contributed by atoms with Crippen molar-refractivity contribution in [3.63, 3.8) is 0 Å². The third kappa shape index (κ3) is 4.10. The predicted molar refractivity (Wildman–Crippen MR) is 42.4 cm³/mol. The Kier molecular flexibility index (Phi) is 4.76. The Hall–Kier alpha value is -1.36. The second-order valence-electron chi connectivity index (χ2n) is 1.97. The zero-order valence-electron chi connectivity index (χ0n) is 6.63. The molecular formula is C9H10FN. The lowest BCUT2D eigenvalue weighted by molar-refractivity contribution is 0.618. The Balaban J connectivity index is 0.000000292. The van der Waals surface area contributed by atoms with Crippen LogP contribution in [0.5, 0.6) is 0 Å². The number of rotatable bonds is 0. The molecule has 0 saturated carbocycles. The molecule has 0 amide bonds. The Morgan fingerprint density at radius 2 is 1.82 bits per heavy atom. The van der Waals surface area contributed by atoms with E-state index in [0.29, 0.717) is 5.56 Å². The minimum Gasteiger partial charge on any atom is -0.207 e. The number of aryl methyl sites for hydroxylation is 1. The van der Waals surface area contributed by atoms with Gasteiger partial charge in [-0.3, -0.25) is 0 Å². The third-order valence-electron chi connectivity index (χ3n) is 1.08. The van der Waals surface area contributed by atoms with E-state index >= 15 is 0 Å². The van der Waals surface area contributed by atoms with Crippen molar-refractivity contribution in [3.8, 4) is 6.07 Å². The molecule has 1 rings (SSSR count). The van der Waals surface area contributed by atoms with Crippen molar-refractivity contribution < 1.29 is 4.39 Å². The molecule has 0 spiro atoms. The molecule has 0 unspecified atom stereocenters. The molecule has 0 bridgehead atoms. The van der Waals surface area contributed by atoms with Crippen LogP contribution in [-0.2, 0) is 0 Å². The maximum absolute atomic E-state index is 12.3. The Labute approximate surface area is 66.1 Å².